The van der Waals surface area contributed by atoms with Crippen LogP contribution in [0, 0.1) is 12.7 Å². The minimum Gasteiger partial charge on any atom is -0.401 e. The first kappa shape index (κ1) is 17.8. The van der Waals surface area contributed by atoms with Gasteiger partial charge in [-0.15, -0.1) is 5.10 Å². The minimum atomic E-state index is -0.515. The molecule has 1 aliphatic heterocycles. The number of aromatic nitrogens is 7. The Bertz CT molecular complexity index is 1400. The molecule has 1 aliphatic rings. The third-order valence-electron chi connectivity index (χ3n) is 5.56. The zero-order valence-electron chi connectivity index (χ0n) is 16.5. The van der Waals surface area contributed by atoms with Gasteiger partial charge in [-0.2, -0.15) is 5.10 Å². The fourth-order valence-corrected chi connectivity index (χ4v) is 4.06. The zero-order chi connectivity index (χ0) is 20.9. The van der Waals surface area contributed by atoms with Crippen LogP contribution in [0.3, 0.4) is 0 Å². The Hall–Kier alpha value is -4.08. The van der Waals surface area contributed by atoms with Crippen molar-refractivity contribution < 1.29 is 8.81 Å². The molecular weight excluding hydrogens is 399 g/mol. The summed E-state index contributed by atoms with van der Waals surface area (Å²) in [7, 11) is 0. The van der Waals surface area contributed by atoms with Crippen molar-refractivity contribution in [3.63, 3.8) is 0 Å². The highest BCUT2D eigenvalue weighted by Crippen LogP contribution is 2.37. The summed E-state index contributed by atoms with van der Waals surface area (Å²) in [5, 5.41) is 13.0. The SMILES string of the molecule is Cc1cccn2nc([C@H]3c4nc[nH]c4CCN3c3nnc(-c4ncccc4F)o3)cc12. The van der Waals surface area contributed by atoms with Crippen molar-refractivity contribution in [1.82, 2.24) is 34.8 Å². The van der Waals surface area contributed by atoms with E-state index in [4.69, 9.17) is 9.52 Å². The summed E-state index contributed by atoms with van der Waals surface area (Å²) in [5.41, 5.74) is 4.88. The summed E-state index contributed by atoms with van der Waals surface area (Å²) < 4.78 is 21.9. The van der Waals surface area contributed by atoms with Gasteiger partial charge in [0.05, 0.1) is 23.2 Å². The number of nitrogens with zero attached hydrogens (tertiary/aromatic N) is 7. The van der Waals surface area contributed by atoms with E-state index < -0.39 is 5.82 Å². The summed E-state index contributed by atoms with van der Waals surface area (Å²) >= 11 is 0. The van der Waals surface area contributed by atoms with Crippen molar-refractivity contribution >= 4 is 11.5 Å². The Morgan fingerprint density at radius 1 is 1.19 bits per heavy atom. The average molecular weight is 416 g/mol. The fraction of sp³-hybridized carbons (Fsp3) is 0.190. The highest BCUT2D eigenvalue weighted by atomic mass is 19.1. The molecular formula is C21H17FN8O. The Morgan fingerprint density at radius 2 is 2.13 bits per heavy atom. The number of aryl methyl sites for hydroxylation is 1. The minimum absolute atomic E-state index is 0.0265. The summed E-state index contributed by atoms with van der Waals surface area (Å²) in [6.07, 6.45) is 5.82. The van der Waals surface area contributed by atoms with Crippen LogP contribution in [-0.4, -0.2) is 41.3 Å². The molecule has 1 atom stereocenters. The van der Waals surface area contributed by atoms with Gasteiger partial charge in [-0.05, 0) is 36.8 Å². The van der Waals surface area contributed by atoms with Crippen LogP contribution in [0.1, 0.15) is 28.7 Å². The molecule has 10 heteroatoms. The summed E-state index contributed by atoms with van der Waals surface area (Å²) in [6.45, 7) is 2.66. The van der Waals surface area contributed by atoms with E-state index in [1.807, 2.05) is 40.7 Å². The molecule has 0 amide bonds. The average Bonchev–Trinajstić information content (AvgIpc) is 3.52. The van der Waals surface area contributed by atoms with Crippen molar-refractivity contribution in [2.75, 3.05) is 11.4 Å². The van der Waals surface area contributed by atoms with E-state index in [0.29, 0.717) is 6.54 Å². The molecule has 0 fully saturated rings. The maximum atomic E-state index is 14.1. The first-order chi connectivity index (χ1) is 15.2. The van der Waals surface area contributed by atoms with Gasteiger partial charge in [0.2, 0.25) is 0 Å². The van der Waals surface area contributed by atoms with Crippen LogP contribution in [-0.2, 0) is 6.42 Å². The summed E-state index contributed by atoms with van der Waals surface area (Å²) in [5.74, 6) is -0.483. The standard InChI is InChI=1S/C21H17FN8O/c1-12-4-3-8-30-16(12)10-15(28-30)19-18-14(24-11-25-18)6-9-29(19)21-27-26-20(31-21)17-13(22)5-2-7-23-17/h2-5,7-8,10-11,19H,6,9H2,1H3,(H,24,25)/t19-/m0/s1. The Labute approximate surface area is 175 Å². The van der Waals surface area contributed by atoms with Crippen molar-refractivity contribution in [1.29, 1.82) is 0 Å². The van der Waals surface area contributed by atoms with Gasteiger partial charge < -0.3 is 14.3 Å². The number of halogens is 1. The van der Waals surface area contributed by atoms with Gasteiger partial charge in [-0.25, -0.2) is 18.9 Å². The van der Waals surface area contributed by atoms with E-state index in [1.165, 1.54) is 18.3 Å². The third kappa shape index (κ3) is 2.79. The van der Waals surface area contributed by atoms with Gasteiger partial charge in [0.15, 0.2) is 11.5 Å². The van der Waals surface area contributed by atoms with Crippen molar-refractivity contribution in [3.05, 3.63) is 77.5 Å². The number of hydrogen-bond acceptors (Lipinski definition) is 7. The number of fused-ring (bicyclic) bond motifs is 2. The quantitative estimate of drug-likeness (QED) is 0.482. The number of H-pyrrole nitrogens is 1. The molecule has 0 spiro atoms. The lowest BCUT2D eigenvalue weighted by molar-refractivity contribution is 0.499. The molecule has 0 unspecified atom stereocenters. The van der Waals surface area contributed by atoms with E-state index >= 15 is 0 Å². The largest absolute Gasteiger partial charge is 0.401 e. The highest BCUT2D eigenvalue weighted by molar-refractivity contribution is 5.57. The number of aromatic amines is 1. The van der Waals surface area contributed by atoms with Gasteiger partial charge in [0.25, 0.3) is 5.89 Å². The molecule has 9 nitrogen and oxygen atoms in total. The van der Waals surface area contributed by atoms with Crippen LogP contribution in [0.15, 0.2) is 53.5 Å². The van der Waals surface area contributed by atoms with Gasteiger partial charge in [-0.3, -0.25) is 0 Å². The highest BCUT2D eigenvalue weighted by Gasteiger charge is 2.36. The number of nitrogens with one attached hydrogen (secondary N) is 1. The first-order valence-corrected chi connectivity index (χ1v) is 9.87. The maximum absolute atomic E-state index is 14.1. The molecule has 6 heterocycles. The van der Waals surface area contributed by atoms with Gasteiger partial charge in [-0.1, -0.05) is 11.2 Å². The molecule has 6 rings (SSSR count). The molecule has 1 N–H and O–H groups in total. The molecule has 0 aliphatic carbocycles. The van der Waals surface area contributed by atoms with Crippen molar-refractivity contribution in [2.24, 2.45) is 0 Å². The second kappa shape index (κ2) is 6.73. The predicted octanol–water partition coefficient (Wildman–Crippen LogP) is 3.10. The molecule has 154 valence electrons. The van der Waals surface area contributed by atoms with Crippen molar-refractivity contribution in [3.8, 4) is 11.6 Å². The number of anilines is 1. The zero-order valence-corrected chi connectivity index (χ0v) is 16.5. The van der Waals surface area contributed by atoms with Gasteiger partial charge in [0.1, 0.15) is 6.04 Å². The Balaban J connectivity index is 1.46. The summed E-state index contributed by atoms with van der Waals surface area (Å²) in [6, 6.07) is 8.83. The van der Waals surface area contributed by atoms with Crippen LogP contribution >= 0.6 is 0 Å². The normalized spacial score (nSPS) is 16.1. The Kier molecular flexibility index (Phi) is 3.85. The fourth-order valence-electron chi connectivity index (χ4n) is 4.06. The van der Waals surface area contributed by atoms with Crippen LogP contribution in [0.25, 0.3) is 17.1 Å². The number of imidazole rings is 1. The van der Waals surface area contributed by atoms with Crippen LogP contribution in [0.5, 0.6) is 0 Å². The lowest BCUT2D eigenvalue weighted by Gasteiger charge is -2.32. The molecule has 0 radical (unpaired) electrons. The topological polar surface area (TPSA) is 101 Å². The Morgan fingerprint density at radius 3 is 3.00 bits per heavy atom. The molecule has 0 bridgehead atoms. The predicted molar refractivity (Wildman–Crippen MR) is 109 cm³/mol. The molecule has 5 aromatic rings. The van der Waals surface area contributed by atoms with Crippen molar-refractivity contribution in [2.45, 2.75) is 19.4 Å². The third-order valence-corrected chi connectivity index (χ3v) is 5.56. The van der Waals surface area contributed by atoms with Gasteiger partial charge in [0, 0.05) is 31.1 Å². The van der Waals surface area contributed by atoms with Crippen LogP contribution in [0.4, 0.5) is 10.4 Å². The number of pyridine rings is 2. The smallest absolute Gasteiger partial charge is 0.319 e. The first-order valence-electron chi connectivity index (χ1n) is 9.87. The number of rotatable bonds is 3. The molecule has 0 aromatic carbocycles. The van der Waals surface area contributed by atoms with Gasteiger partial charge >= 0.3 is 6.01 Å². The number of hydrogen-bond donors (Lipinski definition) is 1. The monoisotopic (exact) mass is 416 g/mol. The second-order valence-corrected chi connectivity index (χ2v) is 7.43. The summed E-state index contributed by atoms with van der Waals surface area (Å²) in [4.78, 5) is 13.8. The molecule has 0 saturated carbocycles. The lowest BCUT2D eigenvalue weighted by atomic mass is 10.00. The molecule has 0 saturated heterocycles. The molecule has 31 heavy (non-hydrogen) atoms. The van der Waals surface area contributed by atoms with E-state index in [9.17, 15) is 4.39 Å². The lowest BCUT2D eigenvalue weighted by Crippen LogP contribution is -2.36. The molecule has 5 aromatic heterocycles. The van der Waals surface area contributed by atoms with E-state index in [2.05, 4.69) is 25.1 Å². The second-order valence-electron chi connectivity index (χ2n) is 7.43. The van der Waals surface area contributed by atoms with Crippen LogP contribution < -0.4 is 4.90 Å². The maximum Gasteiger partial charge on any atom is 0.319 e. The van der Waals surface area contributed by atoms with Crippen LogP contribution in [0.2, 0.25) is 0 Å². The van der Waals surface area contributed by atoms with E-state index in [0.717, 1.165) is 34.6 Å². The van der Waals surface area contributed by atoms with E-state index in [1.54, 1.807) is 6.33 Å². The van der Waals surface area contributed by atoms with E-state index in [-0.39, 0.29) is 23.6 Å².